The van der Waals surface area contributed by atoms with Gasteiger partial charge < -0.3 is 15.2 Å². The smallest absolute Gasteiger partial charge is 0.250 e. The van der Waals surface area contributed by atoms with Crippen molar-refractivity contribution in [3.63, 3.8) is 0 Å². The van der Waals surface area contributed by atoms with E-state index in [1.165, 1.54) is 7.11 Å². The summed E-state index contributed by atoms with van der Waals surface area (Å²) in [6, 6.07) is 8.29. The number of ether oxygens (including phenoxy) is 1. The molecule has 0 aromatic heterocycles. The number of nitriles is 1. The van der Waals surface area contributed by atoms with Crippen molar-refractivity contribution in [1.29, 1.82) is 5.26 Å². The third kappa shape index (κ3) is 3.77. The molecule has 1 aliphatic carbocycles. The summed E-state index contributed by atoms with van der Waals surface area (Å²) in [6.45, 7) is 0. The van der Waals surface area contributed by atoms with Crippen molar-refractivity contribution in [2.75, 3.05) is 7.11 Å². The van der Waals surface area contributed by atoms with E-state index in [1.54, 1.807) is 24.3 Å². The van der Waals surface area contributed by atoms with E-state index in [4.69, 9.17) is 4.74 Å². The van der Waals surface area contributed by atoms with E-state index in [0.29, 0.717) is 11.3 Å². The van der Waals surface area contributed by atoms with Crippen LogP contribution in [-0.2, 0) is 4.79 Å². The van der Waals surface area contributed by atoms with E-state index in [0.717, 1.165) is 32.1 Å². The third-order valence-electron chi connectivity index (χ3n) is 4.23. The first-order valence-corrected chi connectivity index (χ1v) is 7.68. The van der Waals surface area contributed by atoms with Crippen molar-refractivity contribution in [3.05, 3.63) is 29.8 Å². The fourth-order valence-corrected chi connectivity index (χ4v) is 2.98. The van der Waals surface area contributed by atoms with Crippen molar-refractivity contribution >= 4 is 5.91 Å². The lowest BCUT2D eigenvalue weighted by atomic mass is 9.85. The molecule has 2 rings (SSSR count). The highest BCUT2D eigenvalue weighted by Gasteiger charge is 2.29. The standard InChI is InChI=1S/C17H22N2O3/c1-22-15-10-6-5-9-13(15)14(11-18)19-17(21)16(20)12-7-3-2-4-8-12/h5-6,9-10,12,14,16,20H,2-4,7-8H2,1H3,(H,19,21)/t14-,16+/m0/s1. The van der Waals surface area contributed by atoms with Gasteiger partial charge in [0.1, 0.15) is 17.9 Å². The molecular formula is C17H22N2O3. The zero-order chi connectivity index (χ0) is 15.9. The van der Waals surface area contributed by atoms with Gasteiger partial charge in [0.05, 0.1) is 13.2 Å². The minimum absolute atomic E-state index is 0.00855. The molecule has 0 saturated heterocycles. The summed E-state index contributed by atoms with van der Waals surface area (Å²) in [7, 11) is 1.52. The summed E-state index contributed by atoms with van der Waals surface area (Å²) in [6.07, 6.45) is 3.92. The first-order valence-electron chi connectivity index (χ1n) is 7.68. The topological polar surface area (TPSA) is 82.3 Å². The maximum Gasteiger partial charge on any atom is 0.250 e. The van der Waals surface area contributed by atoms with Crippen LogP contribution in [0.25, 0.3) is 0 Å². The predicted octanol–water partition coefficient (Wildman–Crippen LogP) is 2.32. The number of aliphatic hydroxyl groups excluding tert-OH is 1. The number of rotatable bonds is 5. The Labute approximate surface area is 130 Å². The number of aliphatic hydroxyl groups is 1. The number of hydrogen-bond acceptors (Lipinski definition) is 4. The molecule has 0 heterocycles. The second-order valence-corrected chi connectivity index (χ2v) is 5.66. The van der Waals surface area contributed by atoms with Crippen LogP contribution in [0.4, 0.5) is 0 Å². The Hall–Kier alpha value is -2.06. The first-order chi connectivity index (χ1) is 10.7. The van der Waals surface area contributed by atoms with Crippen LogP contribution in [0, 0.1) is 17.2 Å². The number of methoxy groups -OCH3 is 1. The predicted molar refractivity (Wildman–Crippen MR) is 82.1 cm³/mol. The average Bonchev–Trinajstić information content (AvgIpc) is 2.59. The number of carbonyl (C=O) groups is 1. The largest absolute Gasteiger partial charge is 0.496 e. The Morgan fingerprint density at radius 3 is 2.68 bits per heavy atom. The summed E-state index contributed by atoms with van der Waals surface area (Å²) >= 11 is 0. The van der Waals surface area contributed by atoms with Crippen molar-refractivity contribution in [2.24, 2.45) is 5.92 Å². The third-order valence-corrected chi connectivity index (χ3v) is 4.23. The lowest BCUT2D eigenvalue weighted by Gasteiger charge is -2.26. The fraction of sp³-hybridized carbons (Fsp3) is 0.529. The summed E-state index contributed by atoms with van der Waals surface area (Å²) in [5.74, 6) is 0.0524. The number of para-hydroxylation sites is 1. The van der Waals surface area contributed by atoms with Gasteiger partial charge in [0.2, 0.25) is 5.91 Å². The molecule has 1 aromatic rings. The molecule has 0 bridgehead atoms. The molecule has 1 amide bonds. The Morgan fingerprint density at radius 1 is 1.36 bits per heavy atom. The highest BCUT2D eigenvalue weighted by atomic mass is 16.5. The van der Waals surface area contributed by atoms with Gasteiger partial charge >= 0.3 is 0 Å². The molecule has 118 valence electrons. The van der Waals surface area contributed by atoms with Crippen molar-refractivity contribution < 1.29 is 14.6 Å². The molecule has 2 atom stereocenters. The highest BCUT2D eigenvalue weighted by molar-refractivity contribution is 5.81. The van der Waals surface area contributed by atoms with Crippen molar-refractivity contribution in [3.8, 4) is 11.8 Å². The van der Waals surface area contributed by atoms with Crippen molar-refractivity contribution in [1.82, 2.24) is 5.32 Å². The van der Waals surface area contributed by atoms with Gasteiger partial charge in [-0.1, -0.05) is 37.5 Å². The number of benzene rings is 1. The van der Waals surface area contributed by atoms with Crippen LogP contribution in [0.1, 0.15) is 43.7 Å². The van der Waals surface area contributed by atoms with Gasteiger partial charge in [-0.15, -0.1) is 0 Å². The quantitative estimate of drug-likeness (QED) is 0.874. The molecule has 1 saturated carbocycles. The summed E-state index contributed by atoms with van der Waals surface area (Å²) in [4.78, 5) is 12.2. The van der Waals surface area contributed by atoms with E-state index >= 15 is 0 Å². The highest BCUT2D eigenvalue weighted by Crippen LogP contribution is 2.28. The van der Waals surface area contributed by atoms with E-state index < -0.39 is 18.1 Å². The summed E-state index contributed by atoms with van der Waals surface area (Å²) in [5.41, 5.74) is 0.594. The molecule has 1 aromatic carbocycles. The molecular weight excluding hydrogens is 280 g/mol. The zero-order valence-electron chi connectivity index (χ0n) is 12.8. The van der Waals surface area contributed by atoms with Crippen LogP contribution < -0.4 is 10.1 Å². The van der Waals surface area contributed by atoms with Gasteiger partial charge in [-0.05, 0) is 24.8 Å². The van der Waals surface area contributed by atoms with Gasteiger partial charge in [0.15, 0.2) is 0 Å². The molecule has 2 N–H and O–H groups in total. The Balaban J connectivity index is 2.06. The average molecular weight is 302 g/mol. The van der Waals surface area contributed by atoms with Crippen LogP contribution in [0.5, 0.6) is 5.75 Å². The zero-order valence-corrected chi connectivity index (χ0v) is 12.8. The molecule has 1 fully saturated rings. The normalized spacial score (nSPS) is 18.0. The Bertz CT molecular complexity index is 547. The molecule has 0 aliphatic heterocycles. The van der Waals surface area contributed by atoms with Crippen LogP contribution in [0.2, 0.25) is 0 Å². The van der Waals surface area contributed by atoms with Crippen LogP contribution in [-0.4, -0.2) is 24.2 Å². The van der Waals surface area contributed by atoms with Gasteiger partial charge in [0.25, 0.3) is 0 Å². The first kappa shape index (κ1) is 16.3. The van der Waals surface area contributed by atoms with Gasteiger partial charge in [-0.2, -0.15) is 5.26 Å². The SMILES string of the molecule is COc1ccccc1[C@H](C#N)NC(=O)[C@H](O)C1CCCCC1. The minimum Gasteiger partial charge on any atom is -0.496 e. The van der Waals surface area contributed by atoms with E-state index in [-0.39, 0.29) is 5.92 Å². The van der Waals surface area contributed by atoms with Gasteiger partial charge in [-0.25, -0.2) is 0 Å². The lowest BCUT2D eigenvalue weighted by molar-refractivity contribution is -0.133. The van der Waals surface area contributed by atoms with Crippen molar-refractivity contribution in [2.45, 2.75) is 44.2 Å². The van der Waals surface area contributed by atoms with Crippen LogP contribution in [0.3, 0.4) is 0 Å². The second kappa shape index (κ2) is 7.81. The van der Waals surface area contributed by atoms with E-state index in [2.05, 4.69) is 11.4 Å². The maximum absolute atomic E-state index is 12.2. The van der Waals surface area contributed by atoms with Crippen LogP contribution in [0.15, 0.2) is 24.3 Å². The molecule has 0 spiro atoms. The van der Waals surface area contributed by atoms with E-state index in [9.17, 15) is 15.2 Å². The van der Waals surface area contributed by atoms with Gasteiger partial charge in [-0.3, -0.25) is 4.79 Å². The number of carbonyl (C=O) groups excluding carboxylic acids is 1. The molecule has 0 radical (unpaired) electrons. The second-order valence-electron chi connectivity index (χ2n) is 5.66. The number of hydrogen-bond donors (Lipinski definition) is 2. The summed E-state index contributed by atoms with van der Waals surface area (Å²) in [5, 5.41) is 22.2. The number of nitrogens with one attached hydrogen (secondary N) is 1. The fourth-order valence-electron chi connectivity index (χ4n) is 2.98. The Morgan fingerprint density at radius 2 is 2.05 bits per heavy atom. The number of nitrogens with zero attached hydrogens (tertiary/aromatic N) is 1. The number of amides is 1. The van der Waals surface area contributed by atoms with E-state index in [1.807, 2.05) is 0 Å². The molecule has 5 nitrogen and oxygen atoms in total. The monoisotopic (exact) mass is 302 g/mol. The summed E-state index contributed by atoms with van der Waals surface area (Å²) < 4.78 is 5.22. The van der Waals surface area contributed by atoms with Crippen LogP contribution >= 0.6 is 0 Å². The molecule has 5 heteroatoms. The van der Waals surface area contributed by atoms with Gasteiger partial charge in [0, 0.05) is 5.56 Å². The minimum atomic E-state index is -1.05. The Kier molecular flexibility index (Phi) is 5.79. The molecule has 22 heavy (non-hydrogen) atoms. The molecule has 0 unspecified atom stereocenters. The molecule has 1 aliphatic rings. The lowest BCUT2D eigenvalue weighted by Crippen LogP contribution is -2.41. The maximum atomic E-state index is 12.2.